The predicted octanol–water partition coefficient (Wildman–Crippen LogP) is 7.27. The summed E-state index contributed by atoms with van der Waals surface area (Å²) in [4.78, 5) is 37.2. The van der Waals surface area contributed by atoms with Crippen molar-refractivity contribution in [2.45, 2.75) is 19.5 Å². The summed E-state index contributed by atoms with van der Waals surface area (Å²) in [5, 5.41) is 19.3. The maximum absolute atomic E-state index is 13.5. The fourth-order valence-electron chi connectivity index (χ4n) is 6.24. The number of carboxylic acid groups (broad SMARTS) is 1. The highest BCUT2D eigenvalue weighted by Crippen LogP contribution is 2.32. The number of aromatic nitrogens is 4. The standard InChI is InChI=1S/C37H28N6O3S/c44-35(41-37-39-30-11-4-5-12-32(30)47-37)28-10-6-9-24-17-18-42(22-29(24)28)33-16-14-27(34(40-33)36(45)46)25-13-15-31-26(19-25)20-38-43(31)21-23-7-2-1-3-8-23/h1-16,19-20H,17-18,21-22H2,(H,45,46)(H,39,41,44). The minimum absolute atomic E-state index is 0.0220. The summed E-state index contributed by atoms with van der Waals surface area (Å²) < 4.78 is 2.95. The number of hydrogen-bond donors (Lipinski definition) is 2. The van der Waals surface area contributed by atoms with Crippen LogP contribution in [0.25, 0.3) is 32.2 Å². The first-order valence-electron chi connectivity index (χ1n) is 15.3. The number of nitrogens with zero attached hydrogens (tertiary/aromatic N) is 5. The maximum Gasteiger partial charge on any atom is 0.355 e. The van der Waals surface area contributed by atoms with Gasteiger partial charge in [-0.15, -0.1) is 0 Å². The van der Waals surface area contributed by atoms with Crippen molar-refractivity contribution in [3.05, 3.63) is 137 Å². The molecule has 4 aromatic carbocycles. The van der Waals surface area contributed by atoms with Crippen molar-refractivity contribution < 1.29 is 14.7 Å². The number of amides is 1. The molecule has 0 saturated heterocycles. The molecule has 10 heteroatoms. The second-order valence-electron chi connectivity index (χ2n) is 11.5. The van der Waals surface area contributed by atoms with E-state index in [1.807, 2.05) is 101 Å². The molecule has 3 aromatic heterocycles. The van der Waals surface area contributed by atoms with Crippen molar-refractivity contribution in [2.75, 3.05) is 16.8 Å². The van der Waals surface area contributed by atoms with E-state index in [0.29, 0.717) is 48.1 Å². The fraction of sp³-hybridized carbons (Fsp3) is 0.108. The van der Waals surface area contributed by atoms with Crippen LogP contribution in [0.4, 0.5) is 10.9 Å². The van der Waals surface area contributed by atoms with Gasteiger partial charge in [-0.2, -0.15) is 5.10 Å². The van der Waals surface area contributed by atoms with Crippen LogP contribution in [0.2, 0.25) is 0 Å². The molecule has 47 heavy (non-hydrogen) atoms. The lowest BCUT2D eigenvalue weighted by Crippen LogP contribution is -2.33. The first-order chi connectivity index (χ1) is 23.0. The summed E-state index contributed by atoms with van der Waals surface area (Å²) >= 11 is 1.44. The number of carbonyl (C=O) groups excluding carboxylic acids is 1. The number of hydrogen-bond acceptors (Lipinski definition) is 7. The number of carbonyl (C=O) groups is 2. The fourth-order valence-corrected chi connectivity index (χ4v) is 7.10. The Morgan fingerprint density at radius 2 is 1.74 bits per heavy atom. The normalized spacial score (nSPS) is 12.7. The van der Waals surface area contributed by atoms with Crippen LogP contribution in [0.15, 0.2) is 109 Å². The number of carboxylic acids is 1. The van der Waals surface area contributed by atoms with Crippen molar-refractivity contribution in [3.8, 4) is 11.1 Å². The Morgan fingerprint density at radius 1 is 0.894 bits per heavy atom. The van der Waals surface area contributed by atoms with Crippen LogP contribution in [0, 0.1) is 0 Å². The van der Waals surface area contributed by atoms with Gasteiger partial charge in [0.25, 0.3) is 5.91 Å². The maximum atomic E-state index is 13.5. The molecule has 0 saturated carbocycles. The van der Waals surface area contributed by atoms with Crippen LogP contribution in [0.5, 0.6) is 0 Å². The van der Waals surface area contributed by atoms with E-state index in [2.05, 4.69) is 32.5 Å². The third kappa shape index (κ3) is 5.49. The number of para-hydroxylation sites is 1. The van der Waals surface area contributed by atoms with Gasteiger partial charge in [0.15, 0.2) is 10.8 Å². The highest BCUT2D eigenvalue weighted by atomic mass is 32.1. The van der Waals surface area contributed by atoms with E-state index < -0.39 is 5.97 Å². The number of benzene rings is 4. The first kappa shape index (κ1) is 28.6. The van der Waals surface area contributed by atoms with Crippen molar-refractivity contribution in [1.82, 2.24) is 19.7 Å². The summed E-state index contributed by atoms with van der Waals surface area (Å²) in [6.45, 7) is 1.72. The van der Waals surface area contributed by atoms with Gasteiger partial charge in [0.1, 0.15) is 5.82 Å². The third-order valence-electron chi connectivity index (χ3n) is 8.57. The average molecular weight is 637 g/mol. The number of rotatable bonds is 7. The van der Waals surface area contributed by atoms with Gasteiger partial charge in [-0.1, -0.05) is 72.0 Å². The Morgan fingerprint density at radius 3 is 2.60 bits per heavy atom. The topological polar surface area (TPSA) is 113 Å². The molecule has 9 nitrogen and oxygen atoms in total. The van der Waals surface area contributed by atoms with Crippen LogP contribution in [-0.4, -0.2) is 43.3 Å². The van der Waals surface area contributed by atoms with Crippen molar-refractivity contribution >= 4 is 55.3 Å². The lowest BCUT2D eigenvalue weighted by molar-refractivity contribution is 0.0691. The van der Waals surface area contributed by atoms with E-state index >= 15 is 0 Å². The molecule has 0 atom stereocenters. The minimum atomic E-state index is -1.10. The molecular formula is C37H28N6O3S. The molecule has 8 rings (SSSR count). The summed E-state index contributed by atoms with van der Waals surface area (Å²) in [6.07, 6.45) is 2.51. The quantitative estimate of drug-likeness (QED) is 0.189. The Balaban J connectivity index is 1.06. The Bertz CT molecular complexity index is 2280. The lowest BCUT2D eigenvalue weighted by Gasteiger charge is -2.31. The van der Waals surface area contributed by atoms with Crippen LogP contribution in [0.1, 0.15) is 37.5 Å². The van der Waals surface area contributed by atoms with Crippen LogP contribution in [-0.2, 0) is 19.5 Å². The molecule has 1 aliphatic rings. The smallest absolute Gasteiger partial charge is 0.355 e. The Labute approximate surface area is 273 Å². The monoisotopic (exact) mass is 636 g/mol. The summed E-state index contributed by atoms with van der Waals surface area (Å²) in [5.74, 6) is -0.773. The van der Waals surface area contributed by atoms with Crippen molar-refractivity contribution in [1.29, 1.82) is 0 Å². The predicted molar refractivity (Wildman–Crippen MR) is 184 cm³/mol. The van der Waals surface area contributed by atoms with Gasteiger partial charge in [0.2, 0.25) is 0 Å². The molecule has 0 unspecified atom stereocenters. The van der Waals surface area contributed by atoms with Gasteiger partial charge >= 0.3 is 5.97 Å². The van der Waals surface area contributed by atoms with E-state index in [9.17, 15) is 14.7 Å². The minimum Gasteiger partial charge on any atom is -0.476 e. The van der Waals surface area contributed by atoms with Crippen LogP contribution < -0.4 is 10.2 Å². The zero-order chi connectivity index (χ0) is 31.9. The van der Waals surface area contributed by atoms with Gasteiger partial charge in [0.05, 0.1) is 28.5 Å². The zero-order valence-electron chi connectivity index (χ0n) is 25.1. The molecule has 0 spiro atoms. The molecule has 7 aromatic rings. The van der Waals surface area contributed by atoms with Crippen LogP contribution in [0.3, 0.4) is 0 Å². The largest absolute Gasteiger partial charge is 0.476 e. The van der Waals surface area contributed by atoms with Gasteiger partial charge in [0, 0.05) is 29.6 Å². The summed E-state index contributed by atoms with van der Waals surface area (Å²) in [6, 6.07) is 33.2. The molecule has 230 valence electrons. The SMILES string of the molecule is O=C(Nc1nc2ccccc2s1)c1cccc2c1CN(c1ccc(-c3ccc4c(cnn4Cc4ccccc4)c3)c(C(=O)O)n1)CC2. The molecule has 0 fully saturated rings. The molecule has 1 amide bonds. The van der Waals surface area contributed by atoms with Gasteiger partial charge in [-0.25, -0.2) is 14.8 Å². The number of pyridine rings is 1. The van der Waals surface area contributed by atoms with Crippen molar-refractivity contribution in [2.24, 2.45) is 0 Å². The van der Waals surface area contributed by atoms with E-state index in [-0.39, 0.29) is 11.6 Å². The van der Waals surface area contributed by atoms with Crippen LogP contribution >= 0.6 is 11.3 Å². The number of thiazole rings is 1. The second-order valence-corrected chi connectivity index (χ2v) is 12.5. The Hall–Kier alpha value is -5.87. The molecule has 2 N–H and O–H groups in total. The highest BCUT2D eigenvalue weighted by Gasteiger charge is 2.25. The third-order valence-corrected chi connectivity index (χ3v) is 9.52. The highest BCUT2D eigenvalue weighted by molar-refractivity contribution is 7.22. The molecule has 0 aliphatic carbocycles. The molecule has 0 radical (unpaired) electrons. The van der Waals surface area contributed by atoms with E-state index in [1.165, 1.54) is 11.3 Å². The van der Waals surface area contributed by atoms with Gasteiger partial charge in [-0.3, -0.25) is 14.8 Å². The van der Waals surface area contributed by atoms with E-state index in [4.69, 9.17) is 0 Å². The van der Waals surface area contributed by atoms with Gasteiger partial charge < -0.3 is 10.0 Å². The Kier molecular flexibility index (Phi) is 7.18. The van der Waals surface area contributed by atoms with E-state index in [0.717, 1.165) is 43.4 Å². The lowest BCUT2D eigenvalue weighted by atomic mass is 9.94. The van der Waals surface area contributed by atoms with Crippen molar-refractivity contribution in [3.63, 3.8) is 0 Å². The average Bonchev–Trinajstić information content (AvgIpc) is 3.70. The molecule has 0 bridgehead atoms. The molecular weight excluding hydrogens is 609 g/mol. The number of aromatic carboxylic acids is 1. The number of fused-ring (bicyclic) bond motifs is 3. The number of anilines is 2. The second kappa shape index (κ2) is 11.8. The summed E-state index contributed by atoms with van der Waals surface area (Å²) in [5.41, 5.74) is 6.79. The number of nitrogens with one attached hydrogen (secondary N) is 1. The van der Waals surface area contributed by atoms with E-state index in [1.54, 1.807) is 6.20 Å². The first-order valence-corrected chi connectivity index (χ1v) is 16.1. The molecule has 4 heterocycles. The van der Waals surface area contributed by atoms with Gasteiger partial charge in [-0.05, 0) is 71.1 Å². The summed E-state index contributed by atoms with van der Waals surface area (Å²) in [7, 11) is 0. The zero-order valence-corrected chi connectivity index (χ0v) is 25.9. The molecule has 1 aliphatic heterocycles.